The van der Waals surface area contributed by atoms with Crippen LogP contribution in [0.4, 0.5) is 5.69 Å². The summed E-state index contributed by atoms with van der Waals surface area (Å²) in [4.78, 5) is 24.8. The lowest BCUT2D eigenvalue weighted by atomic mass is 10.2. The zero-order valence-corrected chi connectivity index (χ0v) is 15.5. The number of nitro groups is 1. The van der Waals surface area contributed by atoms with Crippen molar-refractivity contribution in [3.05, 3.63) is 68.6 Å². The molecule has 1 fully saturated rings. The Kier molecular flexibility index (Phi) is 5.22. The van der Waals surface area contributed by atoms with Gasteiger partial charge in [-0.05, 0) is 36.8 Å². The minimum atomic E-state index is -0.450. The van der Waals surface area contributed by atoms with Gasteiger partial charge in [0.2, 0.25) is 0 Å². The van der Waals surface area contributed by atoms with Crippen LogP contribution in [0.25, 0.3) is 6.08 Å². The average Bonchev–Trinajstić information content (AvgIpc) is 2.88. The third-order valence-electron chi connectivity index (χ3n) is 3.38. The average molecular weight is 388 g/mol. The molecule has 0 aliphatic carbocycles. The van der Waals surface area contributed by atoms with Crippen molar-refractivity contribution in [3.63, 3.8) is 0 Å². The minimum absolute atomic E-state index is 0.0221. The topological polar surface area (TPSA) is 72.2 Å². The second kappa shape index (κ2) is 7.38. The molecular weight excluding hydrogens is 376 g/mol. The maximum Gasteiger partial charge on any atom is 0.270 e. The number of nitrogens with zero attached hydrogens (tertiary/aromatic N) is 1. The van der Waals surface area contributed by atoms with Gasteiger partial charge >= 0.3 is 0 Å². The summed E-state index contributed by atoms with van der Waals surface area (Å²) in [5.74, 6) is -0.284. The van der Waals surface area contributed by atoms with Gasteiger partial charge in [0.15, 0.2) is 0 Å². The number of thiocarbonyl (C=S) groups is 1. The fourth-order valence-electron chi connectivity index (χ4n) is 2.15. The van der Waals surface area contributed by atoms with Gasteiger partial charge in [-0.1, -0.05) is 53.4 Å². The lowest BCUT2D eigenvalue weighted by molar-refractivity contribution is -0.384. The molecule has 126 valence electrons. The number of benzene rings is 2. The standard InChI is InChI=1S/C17H12N2O3S3/c1-10-2-5-13(6-3-10)24-14-7-4-12(19(21)22)8-11(14)9-15-16(20)18-17(23)25-15/h2-9H,1H3,(H,18,20,23)/b15-9+. The van der Waals surface area contributed by atoms with Crippen LogP contribution in [-0.4, -0.2) is 15.2 Å². The van der Waals surface area contributed by atoms with E-state index in [1.165, 1.54) is 23.9 Å². The number of carbonyl (C=O) groups excluding carboxylic acids is 1. The van der Waals surface area contributed by atoms with Crippen molar-refractivity contribution in [1.82, 2.24) is 5.32 Å². The first kappa shape index (κ1) is 17.7. The molecule has 0 spiro atoms. The summed E-state index contributed by atoms with van der Waals surface area (Å²) >= 11 is 7.62. The summed E-state index contributed by atoms with van der Waals surface area (Å²) in [6.07, 6.45) is 1.64. The molecule has 0 bridgehead atoms. The molecule has 3 rings (SSSR count). The smallest absolute Gasteiger partial charge is 0.270 e. The Labute approximate surface area is 158 Å². The van der Waals surface area contributed by atoms with Crippen LogP contribution < -0.4 is 5.32 Å². The number of thioether (sulfide) groups is 1. The number of aryl methyl sites for hydroxylation is 1. The SMILES string of the molecule is Cc1ccc(Sc2ccc([N+](=O)[O-])cc2/C=C2/SC(=S)NC2=O)cc1. The van der Waals surface area contributed by atoms with Crippen LogP contribution in [-0.2, 0) is 4.79 Å². The molecule has 0 atom stereocenters. The van der Waals surface area contributed by atoms with Gasteiger partial charge in [-0.2, -0.15) is 0 Å². The van der Waals surface area contributed by atoms with E-state index in [0.29, 0.717) is 14.8 Å². The first-order chi connectivity index (χ1) is 11.9. The van der Waals surface area contributed by atoms with Crippen LogP contribution in [0.2, 0.25) is 0 Å². The number of hydrogen-bond donors (Lipinski definition) is 1. The maximum atomic E-state index is 11.9. The van der Waals surface area contributed by atoms with E-state index in [9.17, 15) is 14.9 Å². The van der Waals surface area contributed by atoms with Gasteiger partial charge in [0.25, 0.3) is 11.6 Å². The molecule has 1 aliphatic heterocycles. The molecule has 5 nitrogen and oxygen atoms in total. The van der Waals surface area contributed by atoms with E-state index in [1.54, 1.807) is 12.1 Å². The zero-order chi connectivity index (χ0) is 18.0. The van der Waals surface area contributed by atoms with Crippen LogP contribution in [0.1, 0.15) is 11.1 Å². The van der Waals surface area contributed by atoms with Gasteiger partial charge < -0.3 is 5.32 Å². The molecule has 0 saturated carbocycles. The summed E-state index contributed by atoms with van der Waals surface area (Å²) in [5.41, 5.74) is 1.75. The highest BCUT2D eigenvalue weighted by Gasteiger charge is 2.23. The molecule has 1 heterocycles. The van der Waals surface area contributed by atoms with Crippen LogP contribution in [0.5, 0.6) is 0 Å². The molecule has 0 unspecified atom stereocenters. The van der Waals surface area contributed by atoms with E-state index in [2.05, 4.69) is 5.32 Å². The Hall–Kier alpha value is -2.16. The third-order valence-corrected chi connectivity index (χ3v) is 5.64. The molecule has 1 saturated heterocycles. The highest BCUT2D eigenvalue weighted by Crippen LogP contribution is 2.35. The van der Waals surface area contributed by atoms with Crippen LogP contribution in [0, 0.1) is 17.0 Å². The number of amides is 1. The van der Waals surface area contributed by atoms with Crippen molar-refractivity contribution in [3.8, 4) is 0 Å². The van der Waals surface area contributed by atoms with Crippen LogP contribution in [0.3, 0.4) is 0 Å². The summed E-state index contributed by atoms with van der Waals surface area (Å²) in [7, 11) is 0. The Balaban J connectivity index is 2.01. The van der Waals surface area contributed by atoms with Crippen molar-refractivity contribution in [2.45, 2.75) is 16.7 Å². The van der Waals surface area contributed by atoms with Crippen LogP contribution >= 0.6 is 35.7 Å². The van der Waals surface area contributed by atoms with Crippen molar-refractivity contribution in [2.75, 3.05) is 0 Å². The van der Waals surface area contributed by atoms with Gasteiger partial charge in [0.1, 0.15) is 4.32 Å². The largest absolute Gasteiger partial charge is 0.307 e. The normalized spacial score (nSPS) is 15.5. The van der Waals surface area contributed by atoms with Crippen molar-refractivity contribution in [1.29, 1.82) is 0 Å². The van der Waals surface area contributed by atoms with Crippen LogP contribution in [0.15, 0.2) is 57.2 Å². The predicted molar refractivity (Wildman–Crippen MR) is 105 cm³/mol. The van der Waals surface area contributed by atoms with E-state index in [4.69, 9.17) is 12.2 Å². The van der Waals surface area contributed by atoms with Gasteiger partial charge in [-0.15, -0.1) is 0 Å². The molecule has 0 radical (unpaired) electrons. The first-order valence-corrected chi connectivity index (χ1v) is 9.24. The molecule has 25 heavy (non-hydrogen) atoms. The fraction of sp³-hybridized carbons (Fsp3) is 0.0588. The zero-order valence-electron chi connectivity index (χ0n) is 13.0. The molecule has 0 aromatic heterocycles. The number of non-ortho nitro benzene ring substituents is 1. The summed E-state index contributed by atoms with van der Waals surface area (Å²) in [6.45, 7) is 2.01. The minimum Gasteiger partial charge on any atom is -0.307 e. The first-order valence-electron chi connectivity index (χ1n) is 7.20. The van der Waals surface area contributed by atoms with Crippen molar-refractivity contribution >= 4 is 57.7 Å². The van der Waals surface area contributed by atoms with E-state index in [0.717, 1.165) is 27.1 Å². The monoisotopic (exact) mass is 388 g/mol. The number of hydrogen-bond acceptors (Lipinski definition) is 6. The Morgan fingerprint density at radius 3 is 2.56 bits per heavy atom. The highest BCUT2D eigenvalue weighted by atomic mass is 32.2. The second-order valence-corrected chi connectivity index (χ2v) is 8.08. The van der Waals surface area contributed by atoms with Gasteiger partial charge in [-0.3, -0.25) is 14.9 Å². The van der Waals surface area contributed by atoms with Crippen molar-refractivity contribution < 1.29 is 9.72 Å². The van der Waals surface area contributed by atoms with E-state index >= 15 is 0 Å². The molecule has 2 aromatic carbocycles. The fourth-order valence-corrected chi connectivity index (χ4v) is 4.08. The lowest BCUT2D eigenvalue weighted by Crippen LogP contribution is -2.17. The number of nitrogens with one attached hydrogen (secondary N) is 1. The second-order valence-electron chi connectivity index (χ2n) is 5.25. The molecule has 8 heteroatoms. The van der Waals surface area contributed by atoms with E-state index < -0.39 is 4.92 Å². The molecule has 2 aromatic rings. The predicted octanol–water partition coefficient (Wildman–Crippen LogP) is 4.54. The maximum absolute atomic E-state index is 11.9. The third kappa shape index (κ3) is 4.28. The summed E-state index contributed by atoms with van der Waals surface area (Å²) < 4.78 is 0.384. The Morgan fingerprint density at radius 2 is 1.96 bits per heavy atom. The van der Waals surface area contributed by atoms with Gasteiger partial charge in [0.05, 0.1) is 9.83 Å². The van der Waals surface area contributed by atoms with Gasteiger partial charge in [0, 0.05) is 21.9 Å². The molecule has 1 N–H and O–H groups in total. The number of carbonyl (C=O) groups is 1. The Bertz CT molecular complexity index is 908. The number of nitro benzene ring substituents is 1. The van der Waals surface area contributed by atoms with E-state index in [1.807, 2.05) is 31.2 Å². The van der Waals surface area contributed by atoms with Crippen molar-refractivity contribution in [2.24, 2.45) is 0 Å². The molecule has 1 aliphatic rings. The quantitative estimate of drug-likeness (QED) is 0.359. The molecule has 1 amide bonds. The molecular formula is C17H12N2O3S3. The van der Waals surface area contributed by atoms with Gasteiger partial charge in [-0.25, -0.2) is 0 Å². The Morgan fingerprint density at radius 1 is 1.24 bits per heavy atom. The summed E-state index contributed by atoms with van der Waals surface area (Å²) in [6, 6.07) is 12.6. The number of rotatable bonds is 4. The lowest BCUT2D eigenvalue weighted by Gasteiger charge is -2.07. The highest BCUT2D eigenvalue weighted by molar-refractivity contribution is 8.26. The van der Waals surface area contributed by atoms with E-state index in [-0.39, 0.29) is 11.6 Å². The summed E-state index contributed by atoms with van der Waals surface area (Å²) in [5, 5.41) is 13.6.